The first-order valence-corrected chi connectivity index (χ1v) is 7.32. The van der Waals surface area contributed by atoms with Crippen molar-refractivity contribution in [3.8, 4) is 0 Å². The third-order valence-corrected chi connectivity index (χ3v) is 3.30. The fourth-order valence-electron chi connectivity index (χ4n) is 1.47. The molecule has 18 heavy (non-hydrogen) atoms. The molecule has 0 saturated heterocycles. The average molecular weight is 272 g/mol. The van der Waals surface area contributed by atoms with E-state index in [1.165, 1.54) is 6.07 Å². The van der Waals surface area contributed by atoms with Crippen molar-refractivity contribution in [2.75, 3.05) is 18.6 Å². The van der Waals surface area contributed by atoms with Crippen LogP contribution in [0.4, 0.5) is 4.39 Å². The highest BCUT2D eigenvalue weighted by atomic mass is 32.2. The van der Waals surface area contributed by atoms with Gasteiger partial charge < -0.3 is 11.1 Å². The van der Waals surface area contributed by atoms with Crippen LogP contribution in [0.2, 0.25) is 0 Å². The first kappa shape index (κ1) is 14.8. The number of primary amides is 1. The molecule has 0 spiro atoms. The Balaban J connectivity index is 2.43. The Bertz CT molecular complexity index is 452. The second-order valence-electron chi connectivity index (χ2n) is 3.98. The fraction of sp³-hybridized carbons (Fsp3) is 0.417. The van der Waals surface area contributed by atoms with E-state index < -0.39 is 22.5 Å². The van der Waals surface area contributed by atoms with Crippen LogP contribution in [-0.4, -0.2) is 28.7 Å². The molecule has 0 aromatic heterocycles. The van der Waals surface area contributed by atoms with Crippen molar-refractivity contribution in [2.24, 2.45) is 5.73 Å². The van der Waals surface area contributed by atoms with Crippen LogP contribution in [0.5, 0.6) is 0 Å². The van der Waals surface area contributed by atoms with E-state index in [9.17, 15) is 13.4 Å². The number of rotatable bonds is 7. The van der Waals surface area contributed by atoms with E-state index in [0.29, 0.717) is 24.4 Å². The van der Waals surface area contributed by atoms with E-state index in [2.05, 4.69) is 5.32 Å². The molecular formula is C12H17FN2O2S. The SMILES string of the molecule is CS(=O)CCCNCc1ccc(C(N)=O)cc1F. The molecule has 0 aliphatic heterocycles. The smallest absolute Gasteiger partial charge is 0.248 e. The largest absolute Gasteiger partial charge is 0.366 e. The maximum absolute atomic E-state index is 13.6. The van der Waals surface area contributed by atoms with Crippen LogP contribution in [0.1, 0.15) is 22.3 Å². The second kappa shape index (κ2) is 7.23. The Morgan fingerprint density at radius 3 is 2.78 bits per heavy atom. The van der Waals surface area contributed by atoms with Crippen LogP contribution in [-0.2, 0) is 17.3 Å². The summed E-state index contributed by atoms with van der Waals surface area (Å²) in [6.07, 6.45) is 2.44. The zero-order valence-electron chi connectivity index (χ0n) is 10.2. The van der Waals surface area contributed by atoms with Gasteiger partial charge >= 0.3 is 0 Å². The summed E-state index contributed by atoms with van der Waals surface area (Å²) < 4.78 is 24.4. The van der Waals surface area contributed by atoms with Gasteiger partial charge in [0.05, 0.1) is 0 Å². The second-order valence-corrected chi connectivity index (χ2v) is 5.53. The molecule has 1 aromatic rings. The van der Waals surface area contributed by atoms with Gasteiger partial charge in [0.25, 0.3) is 0 Å². The number of nitrogens with one attached hydrogen (secondary N) is 1. The summed E-state index contributed by atoms with van der Waals surface area (Å²) >= 11 is 0. The molecule has 0 saturated carbocycles. The summed E-state index contributed by atoms with van der Waals surface area (Å²) in [6, 6.07) is 4.18. The van der Waals surface area contributed by atoms with Crippen LogP contribution in [0, 0.1) is 5.82 Å². The van der Waals surface area contributed by atoms with Crippen molar-refractivity contribution in [3.05, 3.63) is 35.1 Å². The number of hydrogen-bond donors (Lipinski definition) is 2. The van der Waals surface area contributed by atoms with Gasteiger partial charge in [-0.25, -0.2) is 4.39 Å². The monoisotopic (exact) mass is 272 g/mol. The molecule has 3 N–H and O–H groups in total. The third kappa shape index (κ3) is 4.93. The van der Waals surface area contributed by atoms with Crippen molar-refractivity contribution in [1.29, 1.82) is 0 Å². The molecule has 6 heteroatoms. The Morgan fingerprint density at radius 2 is 2.22 bits per heavy atom. The van der Waals surface area contributed by atoms with Crippen molar-refractivity contribution < 1.29 is 13.4 Å². The zero-order chi connectivity index (χ0) is 13.5. The van der Waals surface area contributed by atoms with Crippen LogP contribution in [0.3, 0.4) is 0 Å². The molecule has 1 atom stereocenters. The summed E-state index contributed by atoms with van der Waals surface area (Å²) in [5, 5.41) is 3.06. The molecule has 0 radical (unpaired) electrons. The predicted molar refractivity (Wildman–Crippen MR) is 70.2 cm³/mol. The summed E-state index contributed by atoms with van der Waals surface area (Å²) in [5.41, 5.74) is 5.70. The Labute approximate surface area is 108 Å². The summed E-state index contributed by atoms with van der Waals surface area (Å²) in [4.78, 5) is 10.8. The van der Waals surface area contributed by atoms with Gasteiger partial charge in [-0.3, -0.25) is 9.00 Å². The highest BCUT2D eigenvalue weighted by molar-refractivity contribution is 7.84. The number of halogens is 1. The lowest BCUT2D eigenvalue weighted by Crippen LogP contribution is -2.18. The van der Waals surface area contributed by atoms with E-state index in [1.54, 1.807) is 12.3 Å². The minimum Gasteiger partial charge on any atom is -0.366 e. The lowest BCUT2D eigenvalue weighted by molar-refractivity contribution is 0.1000. The van der Waals surface area contributed by atoms with Gasteiger partial charge in [-0.05, 0) is 25.1 Å². The lowest BCUT2D eigenvalue weighted by Gasteiger charge is -2.06. The summed E-state index contributed by atoms with van der Waals surface area (Å²) in [6.45, 7) is 1.05. The van der Waals surface area contributed by atoms with Crippen molar-refractivity contribution in [3.63, 3.8) is 0 Å². The first-order chi connectivity index (χ1) is 8.50. The molecule has 0 aliphatic rings. The lowest BCUT2D eigenvalue weighted by atomic mass is 10.1. The van der Waals surface area contributed by atoms with Crippen LogP contribution >= 0.6 is 0 Å². The molecule has 1 rings (SSSR count). The summed E-state index contributed by atoms with van der Waals surface area (Å²) in [5.74, 6) is -0.451. The minimum absolute atomic E-state index is 0.164. The van der Waals surface area contributed by atoms with Crippen molar-refractivity contribution in [2.45, 2.75) is 13.0 Å². The zero-order valence-corrected chi connectivity index (χ0v) is 11.1. The molecule has 1 aromatic carbocycles. The molecule has 0 bridgehead atoms. The molecule has 0 fully saturated rings. The van der Waals surface area contributed by atoms with E-state index in [0.717, 1.165) is 12.5 Å². The van der Waals surface area contributed by atoms with Gasteiger partial charge in [-0.2, -0.15) is 0 Å². The molecule has 4 nitrogen and oxygen atoms in total. The maximum Gasteiger partial charge on any atom is 0.248 e. The quantitative estimate of drug-likeness (QED) is 0.721. The predicted octanol–water partition coefficient (Wildman–Crippen LogP) is 0.783. The Kier molecular flexibility index (Phi) is 5.94. The normalized spacial score (nSPS) is 12.3. The molecule has 1 unspecified atom stereocenters. The molecule has 0 aliphatic carbocycles. The highest BCUT2D eigenvalue weighted by Gasteiger charge is 2.06. The van der Waals surface area contributed by atoms with Gasteiger partial charge in [-0.1, -0.05) is 6.07 Å². The van der Waals surface area contributed by atoms with Crippen LogP contribution < -0.4 is 11.1 Å². The number of hydrogen-bond acceptors (Lipinski definition) is 3. The minimum atomic E-state index is -0.792. The van der Waals surface area contributed by atoms with Crippen LogP contribution in [0.15, 0.2) is 18.2 Å². The first-order valence-electron chi connectivity index (χ1n) is 5.59. The van der Waals surface area contributed by atoms with Crippen LogP contribution in [0.25, 0.3) is 0 Å². The van der Waals surface area contributed by atoms with Crippen molar-refractivity contribution >= 4 is 16.7 Å². The maximum atomic E-state index is 13.6. The highest BCUT2D eigenvalue weighted by Crippen LogP contribution is 2.10. The Hall–Kier alpha value is -1.27. The van der Waals surface area contributed by atoms with E-state index in [-0.39, 0.29) is 5.56 Å². The topological polar surface area (TPSA) is 72.2 Å². The fourth-order valence-corrected chi connectivity index (χ4v) is 2.02. The van der Waals surface area contributed by atoms with Gasteiger partial charge in [0.15, 0.2) is 0 Å². The number of carbonyl (C=O) groups is 1. The molecular weight excluding hydrogens is 255 g/mol. The standard InChI is InChI=1S/C12H17FN2O2S/c1-18(17)6-2-5-15-8-10-4-3-9(12(14)16)7-11(10)13/h3-4,7,15H,2,5-6,8H2,1H3,(H2,14,16). The van der Waals surface area contributed by atoms with Gasteiger partial charge in [-0.15, -0.1) is 0 Å². The van der Waals surface area contributed by atoms with E-state index >= 15 is 0 Å². The molecule has 100 valence electrons. The van der Waals surface area contributed by atoms with Gasteiger partial charge in [0.1, 0.15) is 5.82 Å². The number of carbonyl (C=O) groups excluding carboxylic acids is 1. The average Bonchev–Trinajstić information content (AvgIpc) is 2.29. The number of amides is 1. The number of benzene rings is 1. The van der Waals surface area contributed by atoms with Crippen molar-refractivity contribution in [1.82, 2.24) is 5.32 Å². The number of nitrogens with two attached hydrogens (primary N) is 1. The van der Waals surface area contributed by atoms with E-state index in [4.69, 9.17) is 5.73 Å². The third-order valence-electron chi connectivity index (χ3n) is 2.44. The molecule has 0 heterocycles. The summed E-state index contributed by atoms with van der Waals surface area (Å²) in [7, 11) is -0.792. The Morgan fingerprint density at radius 1 is 1.50 bits per heavy atom. The van der Waals surface area contributed by atoms with E-state index in [1.807, 2.05) is 0 Å². The van der Waals surface area contributed by atoms with Gasteiger partial charge in [0, 0.05) is 40.5 Å². The van der Waals surface area contributed by atoms with Gasteiger partial charge in [0.2, 0.25) is 5.91 Å². The molecule has 1 amide bonds.